The summed E-state index contributed by atoms with van der Waals surface area (Å²) in [6, 6.07) is 1.60. The van der Waals surface area contributed by atoms with Crippen LogP contribution in [0.1, 0.15) is 36.3 Å². The molecule has 1 unspecified atom stereocenters. The average molecular weight is 265 g/mol. The molecule has 4 nitrogen and oxygen atoms in total. The maximum absolute atomic E-state index is 11.9. The molecule has 1 heterocycles. The minimum atomic E-state index is -0.528. The van der Waals surface area contributed by atoms with Crippen LogP contribution in [0.3, 0.4) is 0 Å². The number of nitrogens with two attached hydrogens (primary N) is 1. The molecule has 0 spiro atoms. The summed E-state index contributed by atoms with van der Waals surface area (Å²) in [6.07, 6.45) is 0.636. The molecule has 3 N–H and O–H groups in total. The lowest BCUT2D eigenvalue weighted by molar-refractivity contribution is -0.117. The van der Waals surface area contributed by atoms with E-state index < -0.39 is 6.04 Å². The first kappa shape index (κ1) is 14.7. The van der Waals surface area contributed by atoms with Gasteiger partial charge in [-0.1, -0.05) is 13.8 Å². The Hall–Kier alpha value is -1.38. The van der Waals surface area contributed by atoms with Crippen LogP contribution >= 0.6 is 11.3 Å². The van der Waals surface area contributed by atoms with Crippen molar-refractivity contribution in [2.45, 2.75) is 40.2 Å². The third kappa shape index (κ3) is 3.31. The monoisotopic (exact) mass is 265 g/mol. The normalized spacial score (nSPS) is 12.3. The van der Waals surface area contributed by atoms with Crippen molar-refractivity contribution in [2.24, 2.45) is 11.7 Å². The van der Waals surface area contributed by atoms with E-state index >= 15 is 0 Å². The highest BCUT2D eigenvalue weighted by Gasteiger charge is 2.19. The maximum atomic E-state index is 11.9. The van der Waals surface area contributed by atoms with E-state index in [1.165, 1.54) is 11.3 Å². The number of carbonyl (C=O) groups is 1. The molecule has 1 aromatic heterocycles. The number of aryl methyl sites for hydroxylation is 1. The summed E-state index contributed by atoms with van der Waals surface area (Å²) in [5.74, 6) is 0.148. The van der Waals surface area contributed by atoms with Crippen LogP contribution in [-0.2, 0) is 4.79 Å². The van der Waals surface area contributed by atoms with E-state index in [1.807, 2.05) is 27.7 Å². The molecule has 0 bridgehead atoms. The van der Waals surface area contributed by atoms with Crippen molar-refractivity contribution in [3.8, 4) is 6.07 Å². The summed E-state index contributed by atoms with van der Waals surface area (Å²) in [7, 11) is 0. The van der Waals surface area contributed by atoms with Crippen molar-refractivity contribution in [3.63, 3.8) is 0 Å². The van der Waals surface area contributed by atoms with Gasteiger partial charge in [0.2, 0.25) is 5.91 Å². The van der Waals surface area contributed by atoms with Crippen LogP contribution in [-0.4, -0.2) is 11.9 Å². The Morgan fingerprint density at radius 2 is 2.11 bits per heavy atom. The number of thiophene rings is 1. The van der Waals surface area contributed by atoms with Crippen LogP contribution < -0.4 is 11.1 Å². The molecule has 0 radical (unpaired) electrons. The summed E-state index contributed by atoms with van der Waals surface area (Å²) in [4.78, 5) is 12.9. The van der Waals surface area contributed by atoms with Gasteiger partial charge < -0.3 is 11.1 Å². The van der Waals surface area contributed by atoms with Gasteiger partial charge in [-0.2, -0.15) is 5.26 Å². The lowest BCUT2D eigenvalue weighted by Gasteiger charge is -2.13. The molecule has 0 aliphatic carbocycles. The second kappa shape index (κ2) is 5.98. The van der Waals surface area contributed by atoms with Gasteiger partial charge in [0, 0.05) is 4.88 Å². The Balaban J connectivity index is 2.83. The Bertz CT molecular complexity index is 485. The van der Waals surface area contributed by atoms with E-state index in [0.717, 1.165) is 10.4 Å². The number of anilines is 1. The van der Waals surface area contributed by atoms with Crippen LogP contribution in [0, 0.1) is 31.1 Å². The Morgan fingerprint density at radius 1 is 1.50 bits per heavy atom. The highest BCUT2D eigenvalue weighted by Crippen LogP contribution is 2.31. The molecule has 1 amide bonds. The van der Waals surface area contributed by atoms with Crippen LogP contribution in [0.5, 0.6) is 0 Å². The summed E-state index contributed by atoms with van der Waals surface area (Å²) in [5.41, 5.74) is 7.28. The minimum absolute atomic E-state index is 0.221. The van der Waals surface area contributed by atoms with E-state index in [0.29, 0.717) is 22.9 Å². The fraction of sp³-hybridized carbons (Fsp3) is 0.538. The zero-order chi connectivity index (χ0) is 13.9. The van der Waals surface area contributed by atoms with E-state index in [9.17, 15) is 4.79 Å². The van der Waals surface area contributed by atoms with E-state index in [4.69, 9.17) is 11.0 Å². The van der Waals surface area contributed by atoms with Crippen molar-refractivity contribution in [1.29, 1.82) is 5.26 Å². The number of hydrogen-bond acceptors (Lipinski definition) is 4. The predicted molar refractivity (Wildman–Crippen MR) is 74.6 cm³/mol. The molecule has 1 rings (SSSR count). The molecule has 1 aromatic rings. The van der Waals surface area contributed by atoms with Gasteiger partial charge in [-0.3, -0.25) is 4.79 Å². The molecule has 0 aromatic carbocycles. The third-order valence-electron chi connectivity index (χ3n) is 2.80. The highest BCUT2D eigenvalue weighted by atomic mass is 32.1. The third-order valence-corrected chi connectivity index (χ3v) is 3.92. The second-order valence-corrected chi connectivity index (χ2v) is 6.05. The smallest absolute Gasteiger partial charge is 0.241 e. The Kier molecular flexibility index (Phi) is 4.88. The predicted octanol–water partition coefficient (Wildman–Crippen LogP) is 2.55. The topological polar surface area (TPSA) is 78.9 Å². The number of amides is 1. The van der Waals surface area contributed by atoms with Crippen molar-refractivity contribution in [2.75, 3.05) is 5.32 Å². The molecule has 0 aliphatic rings. The van der Waals surface area contributed by atoms with E-state index in [-0.39, 0.29) is 5.91 Å². The Labute approximate surface area is 112 Å². The zero-order valence-corrected chi connectivity index (χ0v) is 12.0. The molecular formula is C13H19N3OS. The number of carbonyl (C=O) groups excluding carboxylic acids is 1. The van der Waals surface area contributed by atoms with Crippen LogP contribution in [0.2, 0.25) is 0 Å². The van der Waals surface area contributed by atoms with Crippen molar-refractivity contribution in [1.82, 2.24) is 0 Å². The SMILES string of the molecule is Cc1sc(NC(=O)C(N)CC(C)C)c(C#N)c1C. The van der Waals surface area contributed by atoms with Crippen molar-refractivity contribution >= 4 is 22.2 Å². The van der Waals surface area contributed by atoms with Crippen molar-refractivity contribution in [3.05, 3.63) is 16.0 Å². The lowest BCUT2D eigenvalue weighted by atomic mass is 10.0. The number of nitrogens with one attached hydrogen (secondary N) is 1. The van der Waals surface area contributed by atoms with Gasteiger partial charge in [-0.15, -0.1) is 11.3 Å². The molecule has 5 heteroatoms. The first-order valence-corrected chi connectivity index (χ1v) is 6.75. The van der Waals surface area contributed by atoms with Gasteiger partial charge in [0.1, 0.15) is 11.1 Å². The van der Waals surface area contributed by atoms with Crippen molar-refractivity contribution < 1.29 is 4.79 Å². The zero-order valence-electron chi connectivity index (χ0n) is 11.2. The molecule has 0 aliphatic heterocycles. The van der Waals surface area contributed by atoms with E-state index in [1.54, 1.807) is 0 Å². The molecule has 1 atom stereocenters. The summed E-state index contributed by atoms with van der Waals surface area (Å²) in [6.45, 7) is 7.86. The number of nitrogens with zero attached hydrogens (tertiary/aromatic N) is 1. The molecule has 18 heavy (non-hydrogen) atoms. The van der Waals surface area contributed by atoms with Crippen LogP contribution in [0.25, 0.3) is 0 Å². The van der Waals surface area contributed by atoms with E-state index in [2.05, 4.69) is 11.4 Å². The van der Waals surface area contributed by atoms with Gasteiger partial charge in [0.15, 0.2) is 0 Å². The fourth-order valence-electron chi connectivity index (χ4n) is 1.67. The molecule has 0 saturated carbocycles. The largest absolute Gasteiger partial charge is 0.320 e. The fourth-order valence-corrected chi connectivity index (χ4v) is 2.68. The molecule has 0 saturated heterocycles. The number of hydrogen-bond donors (Lipinski definition) is 2. The number of nitriles is 1. The van der Waals surface area contributed by atoms with Gasteiger partial charge in [0.25, 0.3) is 0 Å². The van der Waals surface area contributed by atoms with Crippen LogP contribution in [0.15, 0.2) is 0 Å². The van der Waals surface area contributed by atoms with Gasteiger partial charge in [-0.25, -0.2) is 0 Å². The molecule has 0 fully saturated rings. The Morgan fingerprint density at radius 3 is 2.61 bits per heavy atom. The molecule has 98 valence electrons. The lowest BCUT2D eigenvalue weighted by Crippen LogP contribution is -2.36. The highest BCUT2D eigenvalue weighted by molar-refractivity contribution is 7.16. The molecular weight excluding hydrogens is 246 g/mol. The second-order valence-electron chi connectivity index (χ2n) is 4.82. The van der Waals surface area contributed by atoms with Gasteiger partial charge in [-0.05, 0) is 31.7 Å². The average Bonchev–Trinajstić information content (AvgIpc) is 2.53. The first-order valence-electron chi connectivity index (χ1n) is 5.93. The van der Waals surface area contributed by atoms with Gasteiger partial charge >= 0.3 is 0 Å². The quantitative estimate of drug-likeness (QED) is 0.878. The first-order chi connectivity index (χ1) is 8.36. The van der Waals surface area contributed by atoms with Gasteiger partial charge in [0.05, 0.1) is 11.6 Å². The maximum Gasteiger partial charge on any atom is 0.241 e. The summed E-state index contributed by atoms with van der Waals surface area (Å²) >= 11 is 1.42. The van der Waals surface area contributed by atoms with Crippen LogP contribution in [0.4, 0.5) is 5.00 Å². The standard InChI is InChI=1S/C13H19N3OS/c1-7(2)5-11(15)12(17)16-13-10(6-14)8(3)9(4)18-13/h7,11H,5,15H2,1-4H3,(H,16,17). The summed E-state index contributed by atoms with van der Waals surface area (Å²) < 4.78 is 0. The minimum Gasteiger partial charge on any atom is -0.320 e. The number of rotatable bonds is 4. The summed E-state index contributed by atoms with van der Waals surface area (Å²) in [5, 5.41) is 12.5.